The average molecular weight is 201 g/mol. The Morgan fingerprint density at radius 3 is 2.43 bits per heavy atom. The number of rotatable bonds is 6. The molecule has 1 amide bonds. The number of unbranched alkanes of at least 4 members (excludes halogenated alkanes) is 1. The number of nitrogens with one attached hydrogen (secondary N) is 1. The maximum atomic E-state index is 11.3. The lowest BCUT2D eigenvalue weighted by atomic mass is 10.2. The Morgan fingerprint density at radius 1 is 1.36 bits per heavy atom. The molecule has 0 aliphatic rings. The first-order valence-electron chi connectivity index (χ1n) is 5.02. The largest absolute Gasteiger partial charge is 0.467 e. The summed E-state index contributed by atoms with van der Waals surface area (Å²) in [5.41, 5.74) is 0. The van der Waals surface area contributed by atoms with Gasteiger partial charge in [0.2, 0.25) is 5.91 Å². The quantitative estimate of drug-likeness (QED) is 0.658. The van der Waals surface area contributed by atoms with E-state index in [1.807, 2.05) is 13.8 Å². The van der Waals surface area contributed by atoms with Crippen molar-refractivity contribution in [2.45, 2.75) is 45.6 Å². The van der Waals surface area contributed by atoms with E-state index in [4.69, 9.17) is 0 Å². The van der Waals surface area contributed by atoms with E-state index in [9.17, 15) is 9.59 Å². The van der Waals surface area contributed by atoms with E-state index >= 15 is 0 Å². The van der Waals surface area contributed by atoms with Gasteiger partial charge in [-0.05, 0) is 12.8 Å². The smallest absolute Gasteiger partial charge is 0.328 e. The standard InChI is InChI=1S/C10H19NO3/c1-4-6-7-9(12)11-8(5-2)10(13)14-3/h8H,4-7H2,1-3H3,(H,11,12). The van der Waals surface area contributed by atoms with Crippen molar-refractivity contribution in [1.82, 2.24) is 5.32 Å². The van der Waals surface area contributed by atoms with Gasteiger partial charge in [0.1, 0.15) is 6.04 Å². The summed E-state index contributed by atoms with van der Waals surface area (Å²) in [4.78, 5) is 22.4. The van der Waals surface area contributed by atoms with Crippen LogP contribution in [0.2, 0.25) is 0 Å². The molecule has 0 fully saturated rings. The summed E-state index contributed by atoms with van der Waals surface area (Å²) in [5, 5.41) is 2.64. The van der Waals surface area contributed by atoms with Crippen LogP contribution in [0.3, 0.4) is 0 Å². The molecule has 0 radical (unpaired) electrons. The molecule has 0 saturated carbocycles. The summed E-state index contributed by atoms with van der Waals surface area (Å²) < 4.78 is 4.55. The first-order chi connectivity index (χ1) is 6.65. The van der Waals surface area contributed by atoms with Crippen molar-refractivity contribution in [2.24, 2.45) is 0 Å². The first-order valence-corrected chi connectivity index (χ1v) is 5.02. The third kappa shape index (κ3) is 4.84. The van der Waals surface area contributed by atoms with Gasteiger partial charge in [-0.3, -0.25) is 4.79 Å². The van der Waals surface area contributed by atoms with Crippen molar-refractivity contribution in [1.29, 1.82) is 0 Å². The molecule has 1 unspecified atom stereocenters. The SMILES string of the molecule is CCCCC(=O)NC(CC)C(=O)OC. The molecule has 0 aromatic rings. The lowest BCUT2D eigenvalue weighted by molar-refractivity contribution is -0.145. The van der Waals surface area contributed by atoms with Crippen LogP contribution in [0, 0.1) is 0 Å². The van der Waals surface area contributed by atoms with Gasteiger partial charge in [-0.25, -0.2) is 4.79 Å². The maximum absolute atomic E-state index is 11.3. The number of ether oxygens (including phenoxy) is 1. The molecule has 0 rings (SSSR count). The minimum Gasteiger partial charge on any atom is -0.467 e. The predicted molar refractivity (Wildman–Crippen MR) is 53.8 cm³/mol. The Morgan fingerprint density at radius 2 is 2.00 bits per heavy atom. The molecule has 1 N–H and O–H groups in total. The van der Waals surface area contributed by atoms with Crippen LogP contribution in [0.5, 0.6) is 0 Å². The van der Waals surface area contributed by atoms with E-state index in [0.29, 0.717) is 12.8 Å². The van der Waals surface area contributed by atoms with Crippen molar-refractivity contribution in [2.75, 3.05) is 7.11 Å². The van der Waals surface area contributed by atoms with E-state index in [1.165, 1.54) is 7.11 Å². The second-order valence-corrected chi connectivity index (χ2v) is 3.16. The molecular formula is C10H19NO3. The molecule has 0 aliphatic carbocycles. The minimum absolute atomic E-state index is 0.0795. The summed E-state index contributed by atoms with van der Waals surface area (Å²) in [6.45, 7) is 3.85. The van der Waals surface area contributed by atoms with Crippen LogP contribution in [-0.4, -0.2) is 25.0 Å². The molecule has 1 atom stereocenters. The maximum Gasteiger partial charge on any atom is 0.328 e. The van der Waals surface area contributed by atoms with Crippen LogP contribution < -0.4 is 5.32 Å². The minimum atomic E-state index is -0.496. The monoisotopic (exact) mass is 201 g/mol. The molecule has 0 bridgehead atoms. The molecule has 0 saturated heterocycles. The highest BCUT2D eigenvalue weighted by atomic mass is 16.5. The molecule has 0 aromatic carbocycles. The zero-order valence-electron chi connectivity index (χ0n) is 9.13. The predicted octanol–water partition coefficient (Wildman–Crippen LogP) is 1.24. The Kier molecular flexibility index (Phi) is 6.80. The third-order valence-corrected chi connectivity index (χ3v) is 1.99. The second-order valence-electron chi connectivity index (χ2n) is 3.16. The van der Waals surface area contributed by atoms with E-state index in [1.54, 1.807) is 0 Å². The molecule has 82 valence electrons. The summed E-state index contributed by atoms with van der Waals surface area (Å²) >= 11 is 0. The fourth-order valence-corrected chi connectivity index (χ4v) is 1.07. The number of esters is 1. The fraction of sp³-hybridized carbons (Fsp3) is 0.800. The number of carbonyl (C=O) groups excluding carboxylic acids is 2. The van der Waals surface area contributed by atoms with Gasteiger partial charge in [-0.2, -0.15) is 0 Å². The van der Waals surface area contributed by atoms with Crippen molar-refractivity contribution in [3.8, 4) is 0 Å². The Labute approximate surface area is 85.0 Å². The van der Waals surface area contributed by atoms with Gasteiger partial charge in [0.05, 0.1) is 7.11 Å². The highest BCUT2D eigenvalue weighted by molar-refractivity contribution is 5.84. The number of methoxy groups -OCH3 is 1. The highest BCUT2D eigenvalue weighted by Gasteiger charge is 2.18. The Balaban J connectivity index is 3.92. The van der Waals surface area contributed by atoms with Crippen LogP contribution in [0.4, 0.5) is 0 Å². The van der Waals surface area contributed by atoms with E-state index < -0.39 is 6.04 Å². The van der Waals surface area contributed by atoms with Gasteiger partial charge in [-0.1, -0.05) is 20.3 Å². The van der Waals surface area contributed by atoms with Gasteiger partial charge in [0.15, 0.2) is 0 Å². The van der Waals surface area contributed by atoms with Gasteiger partial charge < -0.3 is 10.1 Å². The second kappa shape index (κ2) is 7.35. The van der Waals surface area contributed by atoms with Crippen molar-refractivity contribution in [3.63, 3.8) is 0 Å². The lowest BCUT2D eigenvalue weighted by Gasteiger charge is -2.13. The van der Waals surface area contributed by atoms with Gasteiger partial charge in [-0.15, -0.1) is 0 Å². The average Bonchev–Trinajstić information content (AvgIpc) is 2.21. The molecule has 4 nitrogen and oxygen atoms in total. The van der Waals surface area contributed by atoms with Gasteiger partial charge in [0.25, 0.3) is 0 Å². The number of amides is 1. The van der Waals surface area contributed by atoms with Crippen LogP contribution in [-0.2, 0) is 14.3 Å². The van der Waals surface area contributed by atoms with E-state index in [-0.39, 0.29) is 11.9 Å². The van der Waals surface area contributed by atoms with Crippen molar-refractivity contribution in [3.05, 3.63) is 0 Å². The van der Waals surface area contributed by atoms with Crippen LogP contribution in [0.25, 0.3) is 0 Å². The summed E-state index contributed by atoms with van der Waals surface area (Å²) in [6.07, 6.45) is 2.86. The Hall–Kier alpha value is -1.06. The molecule has 0 aromatic heterocycles. The fourth-order valence-electron chi connectivity index (χ4n) is 1.07. The summed E-state index contributed by atoms with van der Waals surface area (Å²) in [6, 6.07) is -0.496. The lowest BCUT2D eigenvalue weighted by Crippen LogP contribution is -2.40. The topological polar surface area (TPSA) is 55.4 Å². The highest BCUT2D eigenvalue weighted by Crippen LogP contribution is 1.98. The van der Waals surface area contributed by atoms with Gasteiger partial charge in [0, 0.05) is 6.42 Å². The molecule has 0 spiro atoms. The van der Waals surface area contributed by atoms with Crippen LogP contribution in [0.15, 0.2) is 0 Å². The van der Waals surface area contributed by atoms with Crippen molar-refractivity contribution >= 4 is 11.9 Å². The zero-order valence-corrected chi connectivity index (χ0v) is 9.13. The summed E-state index contributed by atoms with van der Waals surface area (Å²) in [7, 11) is 1.32. The zero-order chi connectivity index (χ0) is 11.0. The van der Waals surface area contributed by atoms with Gasteiger partial charge >= 0.3 is 5.97 Å². The molecule has 0 heterocycles. The molecule has 4 heteroatoms. The first kappa shape index (κ1) is 12.9. The van der Waals surface area contributed by atoms with Crippen molar-refractivity contribution < 1.29 is 14.3 Å². The van der Waals surface area contributed by atoms with E-state index in [0.717, 1.165) is 12.8 Å². The number of hydrogen-bond acceptors (Lipinski definition) is 3. The summed E-state index contributed by atoms with van der Waals surface area (Å²) in [5.74, 6) is -0.457. The van der Waals surface area contributed by atoms with Crippen LogP contribution >= 0.6 is 0 Å². The molecule has 0 aliphatic heterocycles. The molecular weight excluding hydrogens is 182 g/mol. The number of carbonyl (C=O) groups is 2. The normalized spacial score (nSPS) is 11.9. The van der Waals surface area contributed by atoms with E-state index in [2.05, 4.69) is 10.1 Å². The molecule has 14 heavy (non-hydrogen) atoms. The number of hydrogen-bond donors (Lipinski definition) is 1. The Bertz CT molecular complexity index is 192. The van der Waals surface area contributed by atoms with Crippen LogP contribution in [0.1, 0.15) is 39.5 Å². The third-order valence-electron chi connectivity index (χ3n) is 1.99.